The van der Waals surface area contributed by atoms with Gasteiger partial charge in [-0.25, -0.2) is 10.2 Å². The maximum atomic E-state index is 11.7. The van der Waals surface area contributed by atoms with Crippen LogP contribution >= 0.6 is 0 Å². The average Bonchev–Trinajstić information content (AvgIpc) is 3.16. The van der Waals surface area contributed by atoms with Crippen LogP contribution in [0.25, 0.3) is 0 Å². The smallest absolute Gasteiger partial charge is 0.339 e. The van der Waals surface area contributed by atoms with E-state index in [1.807, 2.05) is 12.1 Å². The van der Waals surface area contributed by atoms with Gasteiger partial charge in [-0.05, 0) is 42.8 Å². The fraction of sp³-hybridized carbons (Fsp3) is 0.400. The number of nitrogens with zero attached hydrogens (tertiary/aromatic N) is 1. The number of carbonyl (C=O) groups is 1. The Morgan fingerprint density at radius 2 is 1.88 bits per heavy atom. The normalized spacial score (nSPS) is 10.8. The van der Waals surface area contributed by atoms with Gasteiger partial charge in [-0.2, -0.15) is 5.10 Å². The molecule has 2 aromatic rings. The number of unbranched alkanes of at least 4 members (excludes halogenated alkanes) is 5. The van der Waals surface area contributed by atoms with Gasteiger partial charge in [0.1, 0.15) is 11.5 Å². The van der Waals surface area contributed by atoms with Crippen LogP contribution in [-0.2, 0) is 0 Å². The molecule has 1 aromatic carbocycles. The van der Waals surface area contributed by atoms with E-state index in [0.29, 0.717) is 11.4 Å². The molecule has 6 nitrogen and oxygen atoms in total. The number of amides is 2. The van der Waals surface area contributed by atoms with E-state index in [9.17, 15) is 4.79 Å². The Balaban J connectivity index is 1.62. The molecule has 26 heavy (non-hydrogen) atoms. The van der Waals surface area contributed by atoms with Gasteiger partial charge in [0.05, 0.1) is 19.1 Å². The van der Waals surface area contributed by atoms with Crippen LogP contribution in [0.4, 0.5) is 10.5 Å². The number of furan rings is 1. The Labute approximate surface area is 154 Å². The summed E-state index contributed by atoms with van der Waals surface area (Å²) in [5.41, 5.74) is 3.04. The van der Waals surface area contributed by atoms with Crippen LogP contribution in [0.1, 0.15) is 51.2 Å². The minimum Gasteiger partial charge on any atom is -0.494 e. The Morgan fingerprint density at radius 3 is 2.62 bits per heavy atom. The highest BCUT2D eigenvalue weighted by molar-refractivity contribution is 5.90. The van der Waals surface area contributed by atoms with Gasteiger partial charge in [-0.1, -0.05) is 39.0 Å². The van der Waals surface area contributed by atoms with Crippen molar-refractivity contribution in [2.45, 2.75) is 45.4 Å². The Kier molecular flexibility index (Phi) is 8.83. The van der Waals surface area contributed by atoms with Gasteiger partial charge >= 0.3 is 6.03 Å². The van der Waals surface area contributed by atoms with Crippen molar-refractivity contribution in [1.82, 2.24) is 5.43 Å². The Morgan fingerprint density at radius 1 is 1.12 bits per heavy atom. The third kappa shape index (κ3) is 7.88. The highest BCUT2D eigenvalue weighted by atomic mass is 16.5. The number of benzene rings is 1. The fourth-order valence-electron chi connectivity index (χ4n) is 2.39. The van der Waals surface area contributed by atoms with Crippen molar-refractivity contribution in [2.24, 2.45) is 5.10 Å². The second-order valence-electron chi connectivity index (χ2n) is 5.98. The number of hydrogen-bond donors (Lipinski definition) is 2. The number of nitrogens with one attached hydrogen (secondary N) is 2. The zero-order valence-electron chi connectivity index (χ0n) is 15.2. The second-order valence-corrected chi connectivity index (χ2v) is 5.98. The predicted octanol–water partition coefficient (Wildman–Crippen LogP) is 5.17. The maximum Gasteiger partial charge on any atom is 0.339 e. The lowest BCUT2D eigenvalue weighted by Gasteiger charge is -2.08. The molecule has 6 heteroatoms. The summed E-state index contributed by atoms with van der Waals surface area (Å²) in [6, 6.07) is 10.4. The van der Waals surface area contributed by atoms with Gasteiger partial charge in [0, 0.05) is 5.69 Å². The highest BCUT2D eigenvalue weighted by Gasteiger charge is 2.01. The molecule has 0 unspecified atom stereocenters. The van der Waals surface area contributed by atoms with Crippen molar-refractivity contribution >= 4 is 17.9 Å². The number of hydrogen-bond acceptors (Lipinski definition) is 4. The molecule has 0 aliphatic rings. The van der Waals surface area contributed by atoms with Crippen LogP contribution in [0.3, 0.4) is 0 Å². The van der Waals surface area contributed by atoms with E-state index in [1.54, 1.807) is 24.3 Å². The molecule has 140 valence electrons. The zero-order chi connectivity index (χ0) is 18.5. The third-order valence-corrected chi connectivity index (χ3v) is 3.78. The van der Waals surface area contributed by atoms with Crippen molar-refractivity contribution in [3.05, 3.63) is 48.4 Å². The largest absolute Gasteiger partial charge is 0.494 e. The minimum absolute atomic E-state index is 0.423. The van der Waals surface area contributed by atoms with E-state index in [4.69, 9.17) is 9.15 Å². The van der Waals surface area contributed by atoms with Crippen LogP contribution in [0.15, 0.2) is 52.2 Å². The number of hydrazone groups is 1. The summed E-state index contributed by atoms with van der Waals surface area (Å²) in [7, 11) is 0. The molecule has 0 bridgehead atoms. The van der Waals surface area contributed by atoms with Crippen molar-refractivity contribution in [2.75, 3.05) is 11.9 Å². The molecule has 0 saturated carbocycles. The van der Waals surface area contributed by atoms with E-state index in [0.717, 1.165) is 18.8 Å². The quantitative estimate of drug-likeness (QED) is 0.331. The van der Waals surface area contributed by atoms with Gasteiger partial charge in [-0.15, -0.1) is 0 Å². The van der Waals surface area contributed by atoms with Gasteiger partial charge in [0.25, 0.3) is 0 Å². The third-order valence-electron chi connectivity index (χ3n) is 3.78. The molecule has 0 aliphatic carbocycles. The summed E-state index contributed by atoms with van der Waals surface area (Å²) in [6.07, 6.45) is 10.4. The lowest BCUT2D eigenvalue weighted by atomic mass is 10.1. The molecule has 0 saturated heterocycles. The van der Waals surface area contributed by atoms with Crippen molar-refractivity contribution in [3.8, 4) is 5.75 Å². The van der Waals surface area contributed by atoms with Crippen LogP contribution in [-0.4, -0.2) is 18.9 Å². The van der Waals surface area contributed by atoms with E-state index in [2.05, 4.69) is 22.8 Å². The van der Waals surface area contributed by atoms with Crippen LogP contribution in [0.2, 0.25) is 0 Å². The van der Waals surface area contributed by atoms with Crippen molar-refractivity contribution in [3.63, 3.8) is 0 Å². The molecule has 0 radical (unpaired) electrons. The minimum atomic E-state index is -0.423. The molecule has 0 aliphatic heterocycles. The Hall–Kier alpha value is -2.76. The molecule has 1 aromatic heterocycles. The SMILES string of the molecule is CCCCCCCCOc1ccc(NC(=O)N/N=C/c2ccco2)cc1. The van der Waals surface area contributed by atoms with E-state index < -0.39 is 6.03 Å². The predicted molar refractivity (Wildman–Crippen MR) is 104 cm³/mol. The first-order valence-corrected chi connectivity index (χ1v) is 9.14. The molecule has 0 atom stereocenters. The van der Waals surface area contributed by atoms with Gasteiger partial charge in [0.2, 0.25) is 0 Å². The van der Waals surface area contributed by atoms with Crippen molar-refractivity contribution in [1.29, 1.82) is 0 Å². The lowest BCUT2D eigenvalue weighted by Crippen LogP contribution is -2.24. The first kappa shape index (κ1) is 19.6. The molecule has 0 fully saturated rings. The maximum absolute atomic E-state index is 11.7. The van der Waals surface area contributed by atoms with Crippen molar-refractivity contribution < 1.29 is 13.9 Å². The van der Waals surface area contributed by atoms with Crippen LogP contribution < -0.4 is 15.5 Å². The van der Waals surface area contributed by atoms with Gasteiger partial charge < -0.3 is 14.5 Å². The summed E-state index contributed by atoms with van der Waals surface area (Å²) in [4.78, 5) is 11.7. The first-order valence-electron chi connectivity index (χ1n) is 9.14. The molecule has 1 heterocycles. The molecule has 2 amide bonds. The molecule has 2 rings (SSSR count). The zero-order valence-corrected chi connectivity index (χ0v) is 15.2. The number of anilines is 1. The Bertz CT molecular complexity index is 651. The van der Waals surface area contributed by atoms with Crippen LogP contribution in [0.5, 0.6) is 5.75 Å². The van der Waals surface area contributed by atoms with E-state index >= 15 is 0 Å². The number of urea groups is 1. The highest BCUT2D eigenvalue weighted by Crippen LogP contribution is 2.16. The molecular weight excluding hydrogens is 330 g/mol. The van der Waals surface area contributed by atoms with Crippen LogP contribution in [0, 0.1) is 0 Å². The summed E-state index contributed by atoms with van der Waals surface area (Å²) in [6.45, 7) is 2.94. The van der Waals surface area contributed by atoms with Gasteiger partial charge in [0.15, 0.2) is 0 Å². The second kappa shape index (κ2) is 11.7. The fourth-order valence-corrected chi connectivity index (χ4v) is 2.39. The number of ether oxygens (including phenoxy) is 1. The number of rotatable bonds is 11. The number of carbonyl (C=O) groups excluding carboxylic acids is 1. The first-order chi connectivity index (χ1) is 12.8. The molecular formula is C20H27N3O3. The standard InChI is InChI=1S/C20H27N3O3/c1-2-3-4-5-6-7-14-25-18-12-10-17(11-13-18)22-20(24)23-21-16-19-9-8-15-26-19/h8-13,15-16H,2-7,14H2,1H3,(H2,22,23,24)/b21-16+. The topological polar surface area (TPSA) is 75.9 Å². The van der Waals surface area contributed by atoms with E-state index in [-0.39, 0.29) is 0 Å². The summed E-state index contributed by atoms with van der Waals surface area (Å²) < 4.78 is 10.8. The van der Waals surface area contributed by atoms with E-state index in [1.165, 1.54) is 44.6 Å². The summed E-state index contributed by atoms with van der Waals surface area (Å²) >= 11 is 0. The van der Waals surface area contributed by atoms with Gasteiger partial charge in [-0.3, -0.25) is 0 Å². The lowest BCUT2D eigenvalue weighted by molar-refractivity contribution is 0.252. The molecule has 2 N–H and O–H groups in total. The summed E-state index contributed by atoms with van der Waals surface area (Å²) in [5.74, 6) is 1.37. The molecule has 0 spiro atoms. The monoisotopic (exact) mass is 357 g/mol. The average molecular weight is 357 g/mol. The summed E-state index contributed by atoms with van der Waals surface area (Å²) in [5, 5.41) is 6.49.